The maximum atomic E-state index is 13.5. The minimum Gasteiger partial charge on any atom is -0.443 e. The number of hydroxylamine groups is 2. The van der Waals surface area contributed by atoms with Gasteiger partial charge in [-0.1, -0.05) is 37.4 Å². The van der Waals surface area contributed by atoms with Gasteiger partial charge in [0.25, 0.3) is 23.6 Å². The molecule has 0 radical (unpaired) electrons. The number of ether oxygens (including phenoxy) is 4. The molecule has 4 rings (SSSR count). The van der Waals surface area contributed by atoms with Gasteiger partial charge in [0.1, 0.15) is 23.3 Å². The van der Waals surface area contributed by atoms with Crippen LogP contribution in [0.5, 0.6) is 0 Å². The van der Waals surface area contributed by atoms with Crippen molar-refractivity contribution in [3.8, 4) is 0 Å². The van der Waals surface area contributed by atoms with Crippen molar-refractivity contribution < 1.29 is 62.1 Å². The molecular weight excluding hydrogens is 768 g/mol. The van der Waals surface area contributed by atoms with E-state index in [4.69, 9.17) is 23.8 Å². The molecule has 0 bridgehead atoms. The summed E-state index contributed by atoms with van der Waals surface area (Å²) in [5, 5.41) is 0.807. The number of amides is 8. The van der Waals surface area contributed by atoms with Crippen molar-refractivity contribution in [1.29, 1.82) is 0 Å². The second kappa shape index (κ2) is 20.0. The summed E-state index contributed by atoms with van der Waals surface area (Å²) in [6.07, 6.45) is 3.01. The highest BCUT2D eigenvalue weighted by atomic mass is 16.7. The average molecular weight is 823 g/mol. The number of imide groups is 6. The molecule has 2 unspecified atom stereocenters. The van der Waals surface area contributed by atoms with Crippen molar-refractivity contribution in [3.05, 3.63) is 71.8 Å². The number of carbonyl (C=O) groups excluding carboxylic acids is 8. The highest BCUT2D eigenvalue weighted by Gasteiger charge is 2.47. The first kappa shape index (κ1) is 46.2. The third-order valence-corrected chi connectivity index (χ3v) is 9.15. The predicted octanol–water partition coefficient (Wildman–Crippen LogP) is 4.57. The largest absolute Gasteiger partial charge is 0.443 e. The van der Waals surface area contributed by atoms with E-state index < -0.39 is 65.0 Å². The molecule has 3 aliphatic rings. The van der Waals surface area contributed by atoms with E-state index in [1.807, 2.05) is 6.07 Å². The van der Waals surface area contributed by atoms with Crippen LogP contribution in [-0.4, -0.2) is 124 Å². The molecule has 0 saturated carbocycles. The summed E-state index contributed by atoms with van der Waals surface area (Å²) >= 11 is 0. The number of nitrogens with zero attached hydrogens (tertiary/aromatic N) is 4. The molecule has 17 heteroatoms. The number of aryl methyl sites for hydroxylation is 1. The highest BCUT2D eigenvalue weighted by Crippen LogP contribution is 2.32. The lowest BCUT2D eigenvalue weighted by Gasteiger charge is -2.36. The van der Waals surface area contributed by atoms with Crippen LogP contribution in [0.15, 0.2) is 55.2 Å². The molecule has 17 nitrogen and oxygen atoms in total. The molecule has 2 fully saturated rings. The van der Waals surface area contributed by atoms with Crippen molar-refractivity contribution >= 4 is 47.6 Å². The van der Waals surface area contributed by atoms with Crippen LogP contribution in [0.4, 0.5) is 9.59 Å². The predicted molar refractivity (Wildman–Crippen MR) is 210 cm³/mol. The zero-order chi connectivity index (χ0) is 43.7. The van der Waals surface area contributed by atoms with E-state index in [0.29, 0.717) is 34.8 Å². The number of carbonyl (C=O) groups is 8. The molecule has 1 aromatic rings. The average Bonchev–Trinajstić information content (AvgIpc) is 3.48. The quantitative estimate of drug-likeness (QED) is 0.0740. The van der Waals surface area contributed by atoms with Crippen LogP contribution in [0, 0.1) is 0 Å². The summed E-state index contributed by atoms with van der Waals surface area (Å²) in [5.41, 5.74) is 0.230. The third-order valence-electron chi connectivity index (χ3n) is 9.15. The fraction of sp³-hybridized carbons (Fsp3) is 0.524. The maximum absolute atomic E-state index is 13.5. The van der Waals surface area contributed by atoms with E-state index in [1.54, 1.807) is 53.7 Å². The van der Waals surface area contributed by atoms with Crippen molar-refractivity contribution in [1.82, 2.24) is 19.8 Å². The van der Waals surface area contributed by atoms with Crippen molar-refractivity contribution in [2.45, 2.75) is 110 Å². The molecule has 320 valence electrons. The van der Waals surface area contributed by atoms with Crippen LogP contribution in [0.25, 0.3) is 0 Å². The Morgan fingerprint density at radius 1 is 0.814 bits per heavy atom. The Hall–Kier alpha value is -5.52. The Kier molecular flexibility index (Phi) is 15.6. The SMILES string of the molecule is C=C/C=C\C(=C)C(=O)N(OCCOCCOCCCc1cccc2c1CN(C1CCC(=O)N(C(=O)OC(C)(C)C)C1=O)C2=O)C1CCC(=O)N(C(=O)OC(C)(C)C)C1=O. The van der Waals surface area contributed by atoms with Crippen LogP contribution >= 0.6 is 0 Å². The van der Waals surface area contributed by atoms with E-state index in [-0.39, 0.29) is 70.1 Å². The Labute approximate surface area is 343 Å². The molecule has 0 spiro atoms. The van der Waals surface area contributed by atoms with Crippen LogP contribution in [-0.2, 0) is 60.7 Å². The van der Waals surface area contributed by atoms with Gasteiger partial charge in [0.15, 0.2) is 0 Å². The Morgan fingerprint density at radius 3 is 2.00 bits per heavy atom. The Bertz CT molecular complexity index is 1880. The van der Waals surface area contributed by atoms with Crippen LogP contribution in [0.1, 0.15) is 95.1 Å². The monoisotopic (exact) mass is 822 g/mol. The summed E-state index contributed by atoms with van der Waals surface area (Å²) in [7, 11) is 0. The highest BCUT2D eigenvalue weighted by molar-refractivity contribution is 6.14. The standard InChI is InChI=1S/C42H54N4O13/c1-9-10-13-27(2)35(49)46(32-18-20-34(48)45(38(32)52)40(54)59-42(6,7)8)57-25-24-56-23-22-55-21-12-15-28-14-11-16-29-30(28)26-43(36(29)50)31-17-19-33(47)44(37(31)51)39(53)58-41(3,4)5/h9-11,13-14,16,31-32H,1-2,12,15,17-26H2,3-8H3/b13-10-. The van der Waals surface area contributed by atoms with Crippen LogP contribution in [0.2, 0.25) is 0 Å². The van der Waals surface area contributed by atoms with Gasteiger partial charge >= 0.3 is 12.2 Å². The van der Waals surface area contributed by atoms with E-state index in [1.165, 1.54) is 23.1 Å². The molecule has 1 aromatic carbocycles. The summed E-state index contributed by atoms with van der Waals surface area (Å²) in [5.74, 6) is -4.26. The van der Waals surface area contributed by atoms with E-state index >= 15 is 0 Å². The van der Waals surface area contributed by atoms with Gasteiger partial charge in [0, 0.05) is 37.1 Å². The van der Waals surface area contributed by atoms with Crippen molar-refractivity contribution in [2.24, 2.45) is 0 Å². The number of hydrogen-bond donors (Lipinski definition) is 0. The summed E-state index contributed by atoms with van der Waals surface area (Å²) in [6, 6.07) is 3.08. The first-order valence-corrected chi connectivity index (χ1v) is 19.5. The Morgan fingerprint density at radius 2 is 1.39 bits per heavy atom. The van der Waals surface area contributed by atoms with Gasteiger partial charge in [-0.2, -0.15) is 9.80 Å². The zero-order valence-corrected chi connectivity index (χ0v) is 34.6. The topological polar surface area (TPSA) is 196 Å². The lowest BCUT2D eigenvalue weighted by Crippen LogP contribution is -2.58. The minimum atomic E-state index is -1.31. The number of fused-ring (bicyclic) bond motifs is 1. The molecular formula is C42H54N4O13. The van der Waals surface area contributed by atoms with Gasteiger partial charge in [0.2, 0.25) is 11.8 Å². The molecule has 59 heavy (non-hydrogen) atoms. The smallest absolute Gasteiger partial charge is 0.424 e. The number of benzene rings is 1. The fourth-order valence-corrected chi connectivity index (χ4v) is 6.51. The molecule has 0 aliphatic carbocycles. The van der Waals surface area contributed by atoms with Crippen molar-refractivity contribution in [2.75, 3.05) is 33.0 Å². The number of piperidine rings is 2. The summed E-state index contributed by atoms with van der Waals surface area (Å²) in [6.45, 7) is 17.8. The third kappa shape index (κ3) is 12.0. The number of hydrogen-bond acceptors (Lipinski definition) is 13. The van der Waals surface area contributed by atoms with Gasteiger partial charge in [0.05, 0.1) is 26.4 Å². The molecule has 3 heterocycles. The fourth-order valence-electron chi connectivity index (χ4n) is 6.51. The lowest BCUT2D eigenvalue weighted by molar-refractivity contribution is -0.208. The van der Waals surface area contributed by atoms with Gasteiger partial charge in [-0.3, -0.25) is 33.6 Å². The lowest BCUT2D eigenvalue weighted by atomic mass is 10.00. The van der Waals surface area contributed by atoms with E-state index in [9.17, 15) is 38.4 Å². The van der Waals surface area contributed by atoms with Gasteiger partial charge < -0.3 is 23.8 Å². The molecule has 2 saturated heterocycles. The number of likely N-dealkylation sites (tertiary alicyclic amines) is 2. The van der Waals surface area contributed by atoms with E-state index in [2.05, 4.69) is 13.2 Å². The zero-order valence-electron chi connectivity index (χ0n) is 34.6. The second-order valence-corrected chi connectivity index (χ2v) is 16.0. The van der Waals surface area contributed by atoms with Crippen LogP contribution < -0.4 is 0 Å². The normalized spacial score (nSPS) is 18.7. The van der Waals surface area contributed by atoms with Crippen LogP contribution in [0.3, 0.4) is 0 Å². The molecule has 2 atom stereocenters. The first-order valence-electron chi connectivity index (χ1n) is 19.5. The second-order valence-electron chi connectivity index (χ2n) is 16.0. The Balaban J connectivity index is 1.24. The van der Waals surface area contributed by atoms with Crippen molar-refractivity contribution in [3.63, 3.8) is 0 Å². The van der Waals surface area contributed by atoms with Gasteiger partial charge in [-0.15, -0.1) is 0 Å². The summed E-state index contributed by atoms with van der Waals surface area (Å²) in [4.78, 5) is 112. The minimum absolute atomic E-state index is 0.00556. The molecule has 0 N–H and O–H groups in total. The molecule has 0 aromatic heterocycles. The molecule has 8 amide bonds. The molecule has 3 aliphatic heterocycles. The van der Waals surface area contributed by atoms with Gasteiger partial charge in [-0.25, -0.2) is 14.7 Å². The first-order chi connectivity index (χ1) is 27.8. The number of allylic oxidation sites excluding steroid dienone is 2. The van der Waals surface area contributed by atoms with Gasteiger partial charge in [-0.05, 0) is 90.5 Å². The maximum Gasteiger partial charge on any atom is 0.424 e. The van der Waals surface area contributed by atoms with E-state index in [0.717, 1.165) is 16.2 Å². The number of rotatable bonds is 16. The summed E-state index contributed by atoms with van der Waals surface area (Å²) < 4.78 is 21.9.